The fourth-order valence-corrected chi connectivity index (χ4v) is 0.819. The van der Waals surface area contributed by atoms with Crippen molar-refractivity contribution in [3.8, 4) is 0 Å². The molecule has 4 nitrogen and oxygen atoms in total. The maximum absolute atomic E-state index is 10.8. The lowest BCUT2D eigenvalue weighted by atomic mass is 9.98. The molecule has 0 bridgehead atoms. The van der Waals surface area contributed by atoms with E-state index in [0.717, 1.165) is 6.26 Å². The van der Waals surface area contributed by atoms with E-state index in [9.17, 15) is 9.59 Å². The molecule has 11 heavy (non-hydrogen) atoms. The van der Waals surface area contributed by atoms with Gasteiger partial charge in [-0.25, -0.2) is 4.79 Å². The summed E-state index contributed by atoms with van der Waals surface area (Å²) < 4.78 is 4.80. The van der Waals surface area contributed by atoms with Gasteiger partial charge in [0.25, 0.3) is 0 Å². The summed E-state index contributed by atoms with van der Waals surface area (Å²) in [5, 5.41) is 8.60. The molecule has 0 aromatic carbocycles. The predicted molar refractivity (Wildman–Crippen MR) is 35.9 cm³/mol. The molecule has 0 radical (unpaired) electrons. The number of hydrogen-bond donors (Lipinski definition) is 1. The lowest BCUT2D eigenvalue weighted by molar-refractivity contribution is -0.160. The van der Waals surface area contributed by atoms with Crippen LogP contribution in [-0.2, 0) is 14.3 Å². The van der Waals surface area contributed by atoms with E-state index in [1.807, 2.05) is 0 Å². The molecule has 0 saturated carbocycles. The fourth-order valence-electron chi connectivity index (χ4n) is 0.819. The summed E-state index contributed by atoms with van der Waals surface area (Å²) in [4.78, 5) is 21.3. The van der Waals surface area contributed by atoms with Gasteiger partial charge in [0.1, 0.15) is 0 Å². The summed E-state index contributed by atoms with van der Waals surface area (Å²) in [6, 6.07) is 0. The second-order valence-corrected chi connectivity index (χ2v) is 2.60. The van der Waals surface area contributed by atoms with Gasteiger partial charge in [-0.05, 0) is 6.92 Å². The quantitative estimate of drug-likeness (QED) is 0.594. The number of carboxylic acid groups (broad SMARTS) is 1. The van der Waals surface area contributed by atoms with Crippen molar-refractivity contribution < 1.29 is 19.4 Å². The van der Waals surface area contributed by atoms with Crippen LogP contribution in [0.3, 0.4) is 0 Å². The topological polar surface area (TPSA) is 63.6 Å². The Hall–Kier alpha value is -1.32. The Labute approximate surface area is 63.5 Å². The van der Waals surface area contributed by atoms with E-state index in [4.69, 9.17) is 9.84 Å². The van der Waals surface area contributed by atoms with Crippen molar-refractivity contribution in [3.63, 3.8) is 0 Å². The summed E-state index contributed by atoms with van der Waals surface area (Å²) in [6.45, 7) is 1.37. The van der Waals surface area contributed by atoms with Crippen molar-refractivity contribution in [3.05, 3.63) is 12.3 Å². The van der Waals surface area contributed by atoms with E-state index in [1.165, 1.54) is 13.0 Å². The summed E-state index contributed by atoms with van der Waals surface area (Å²) in [5.41, 5.74) is -1.37. The second kappa shape index (κ2) is 2.38. The van der Waals surface area contributed by atoms with Gasteiger partial charge in [0, 0.05) is 6.08 Å². The normalized spacial score (nSPS) is 29.7. The maximum Gasteiger partial charge on any atom is 0.348 e. The molecule has 1 aliphatic heterocycles. The molecule has 60 valence electrons. The van der Waals surface area contributed by atoms with Gasteiger partial charge in [-0.15, -0.1) is 0 Å². The summed E-state index contributed by atoms with van der Waals surface area (Å²) in [5.74, 6) is -1.34. The van der Waals surface area contributed by atoms with E-state index in [0.29, 0.717) is 0 Å². The molecule has 1 aliphatic rings. The molecule has 1 N–H and O–H groups in total. The SMILES string of the molecule is C[C@@]1(C(=O)O)CC(=O)C=CO1. The smallest absolute Gasteiger partial charge is 0.348 e. The summed E-state index contributed by atoms with van der Waals surface area (Å²) in [7, 11) is 0. The zero-order valence-corrected chi connectivity index (χ0v) is 6.03. The first kappa shape index (κ1) is 7.78. The number of aliphatic carboxylic acids is 1. The Kier molecular flexibility index (Phi) is 1.68. The minimum absolute atomic E-state index is 0.0984. The zero-order valence-electron chi connectivity index (χ0n) is 6.03. The molecule has 0 fully saturated rings. The molecule has 4 heteroatoms. The van der Waals surface area contributed by atoms with Gasteiger partial charge in [0.15, 0.2) is 5.78 Å². The first-order chi connectivity index (χ1) is 5.04. The Balaban J connectivity index is 2.83. The zero-order chi connectivity index (χ0) is 8.48. The van der Waals surface area contributed by atoms with Crippen molar-refractivity contribution in [2.24, 2.45) is 0 Å². The molecule has 0 aliphatic carbocycles. The molecule has 1 heterocycles. The minimum atomic E-state index is -1.37. The van der Waals surface area contributed by atoms with Crippen molar-refractivity contribution in [2.75, 3.05) is 0 Å². The number of carbonyl (C=O) groups excluding carboxylic acids is 1. The van der Waals surface area contributed by atoms with Crippen LogP contribution in [0.2, 0.25) is 0 Å². The number of allylic oxidation sites excluding steroid dienone is 1. The van der Waals surface area contributed by atoms with Crippen molar-refractivity contribution in [1.82, 2.24) is 0 Å². The van der Waals surface area contributed by atoms with Gasteiger partial charge < -0.3 is 9.84 Å². The van der Waals surface area contributed by atoms with Crippen LogP contribution in [0.1, 0.15) is 13.3 Å². The fraction of sp³-hybridized carbons (Fsp3) is 0.429. The average molecular weight is 156 g/mol. The first-order valence-corrected chi connectivity index (χ1v) is 3.15. The summed E-state index contributed by atoms with van der Waals surface area (Å²) in [6.07, 6.45) is 2.25. The van der Waals surface area contributed by atoms with Crippen molar-refractivity contribution in [2.45, 2.75) is 18.9 Å². The molecule has 0 spiro atoms. The third-order valence-corrected chi connectivity index (χ3v) is 1.55. The van der Waals surface area contributed by atoms with Crippen LogP contribution in [0, 0.1) is 0 Å². The van der Waals surface area contributed by atoms with E-state index in [-0.39, 0.29) is 12.2 Å². The Bertz CT molecular complexity index is 231. The highest BCUT2D eigenvalue weighted by atomic mass is 16.5. The van der Waals surface area contributed by atoms with Crippen LogP contribution in [-0.4, -0.2) is 22.5 Å². The molecule has 0 aromatic heterocycles. The average Bonchev–Trinajstić information content (AvgIpc) is 1.86. The first-order valence-electron chi connectivity index (χ1n) is 3.15. The number of rotatable bonds is 1. The van der Waals surface area contributed by atoms with E-state index < -0.39 is 11.6 Å². The van der Waals surface area contributed by atoms with Gasteiger partial charge in [0.2, 0.25) is 5.60 Å². The molecule has 1 rings (SSSR count). The molecule has 0 aromatic rings. The third-order valence-electron chi connectivity index (χ3n) is 1.55. The molecule has 0 saturated heterocycles. The Morgan fingerprint density at radius 2 is 2.45 bits per heavy atom. The van der Waals surface area contributed by atoms with Crippen LogP contribution in [0.15, 0.2) is 12.3 Å². The lowest BCUT2D eigenvalue weighted by Crippen LogP contribution is -2.40. The van der Waals surface area contributed by atoms with Gasteiger partial charge in [-0.3, -0.25) is 4.79 Å². The number of carboxylic acids is 1. The maximum atomic E-state index is 10.8. The predicted octanol–water partition coefficient (Wildman–Crippen LogP) is 0.333. The third kappa shape index (κ3) is 1.39. The minimum Gasteiger partial charge on any atom is -0.483 e. The van der Waals surface area contributed by atoms with Crippen molar-refractivity contribution >= 4 is 11.8 Å². The molecule has 0 amide bonds. The lowest BCUT2D eigenvalue weighted by Gasteiger charge is -2.25. The van der Waals surface area contributed by atoms with Gasteiger partial charge in [-0.1, -0.05) is 0 Å². The van der Waals surface area contributed by atoms with Gasteiger partial charge >= 0.3 is 5.97 Å². The number of hydrogen-bond acceptors (Lipinski definition) is 3. The molecular formula is C7H8O4. The van der Waals surface area contributed by atoms with E-state index >= 15 is 0 Å². The molecular weight excluding hydrogens is 148 g/mol. The van der Waals surface area contributed by atoms with Crippen LogP contribution in [0.25, 0.3) is 0 Å². The Morgan fingerprint density at radius 1 is 1.82 bits per heavy atom. The highest BCUT2D eigenvalue weighted by molar-refractivity contribution is 5.95. The molecule has 0 unspecified atom stereocenters. The van der Waals surface area contributed by atoms with E-state index in [2.05, 4.69) is 0 Å². The molecule has 1 atom stereocenters. The second-order valence-electron chi connectivity index (χ2n) is 2.60. The van der Waals surface area contributed by atoms with E-state index in [1.54, 1.807) is 0 Å². The number of carbonyl (C=O) groups is 2. The van der Waals surface area contributed by atoms with Crippen LogP contribution in [0.4, 0.5) is 0 Å². The number of ether oxygens (including phenoxy) is 1. The van der Waals surface area contributed by atoms with Crippen LogP contribution >= 0.6 is 0 Å². The standard InChI is InChI=1S/C7H8O4/c1-7(6(9)10)4-5(8)2-3-11-7/h2-3H,4H2,1H3,(H,9,10)/t7-/m0/s1. The van der Waals surface area contributed by atoms with Gasteiger partial charge in [-0.2, -0.15) is 0 Å². The Morgan fingerprint density at radius 3 is 2.82 bits per heavy atom. The van der Waals surface area contributed by atoms with Crippen LogP contribution in [0.5, 0.6) is 0 Å². The van der Waals surface area contributed by atoms with Crippen LogP contribution < -0.4 is 0 Å². The largest absolute Gasteiger partial charge is 0.483 e. The highest BCUT2D eigenvalue weighted by Crippen LogP contribution is 2.20. The van der Waals surface area contributed by atoms with Crippen molar-refractivity contribution in [1.29, 1.82) is 0 Å². The summed E-state index contributed by atoms with van der Waals surface area (Å²) >= 11 is 0. The van der Waals surface area contributed by atoms with Gasteiger partial charge in [0.05, 0.1) is 12.7 Å². The monoisotopic (exact) mass is 156 g/mol. The number of ketones is 1. The highest BCUT2D eigenvalue weighted by Gasteiger charge is 2.38.